The van der Waals surface area contributed by atoms with Gasteiger partial charge in [-0.2, -0.15) is 0 Å². The Hall–Kier alpha value is -3.39. The molecule has 2 aromatic rings. The highest BCUT2D eigenvalue weighted by molar-refractivity contribution is 5.97. The van der Waals surface area contributed by atoms with E-state index in [1.54, 1.807) is 41.9 Å². The third-order valence-electron chi connectivity index (χ3n) is 4.46. The van der Waals surface area contributed by atoms with Gasteiger partial charge in [-0.3, -0.25) is 19.6 Å². The molecule has 3 N–H and O–H groups in total. The van der Waals surface area contributed by atoms with Crippen molar-refractivity contribution in [2.45, 2.75) is 32.9 Å². The molecule has 31 heavy (non-hydrogen) atoms. The van der Waals surface area contributed by atoms with Crippen LogP contribution in [0.15, 0.2) is 48.5 Å². The molecule has 2 aromatic carbocycles. The summed E-state index contributed by atoms with van der Waals surface area (Å²) in [6, 6.07) is 13.6. The highest BCUT2D eigenvalue weighted by Crippen LogP contribution is 2.16. The normalized spacial score (nSPS) is 10.9. The summed E-state index contributed by atoms with van der Waals surface area (Å²) < 4.78 is 0. The van der Waals surface area contributed by atoms with Crippen LogP contribution in [-0.2, 0) is 11.3 Å². The van der Waals surface area contributed by atoms with Crippen LogP contribution in [-0.4, -0.2) is 54.0 Å². The minimum absolute atomic E-state index is 0.107. The number of nitrogens with zero attached hydrogens (tertiary/aromatic N) is 2. The number of rotatable bonds is 7. The number of carbonyl (C=O) groups is 3. The fourth-order valence-electron chi connectivity index (χ4n) is 2.96. The molecule has 0 unspecified atom stereocenters. The van der Waals surface area contributed by atoms with Gasteiger partial charge < -0.3 is 15.1 Å². The van der Waals surface area contributed by atoms with E-state index < -0.39 is 11.4 Å². The molecule has 166 valence electrons. The number of hydrogen-bond donors (Lipinski definition) is 3. The van der Waals surface area contributed by atoms with Gasteiger partial charge in [0.2, 0.25) is 5.91 Å². The first-order valence-corrected chi connectivity index (χ1v) is 9.91. The van der Waals surface area contributed by atoms with E-state index in [4.69, 9.17) is 5.21 Å². The Kier molecular flexibility index (Phi) is 7.77. The fourth-order valence-corrected chi connectivity index (χ4v) is 2.96. The number of hydroxylamine groups is 1. The Morgan fingerprint density at radius 1 is 0.903 bits per heavy atom. The molecule has 0 saturated carbocycles. The van der Waals surface area contributed by atoms with Crippen LogP contribution in [0.25, 0.3) is 0 Å². The molecule has 8 nitrogen and oxygen atoms in total. The standard InChI is InChI=1S/C23H30N4O4/c1-23(2,3)24-20(28)15-27(14-16-6-8-17(9-7-16)21(29)25-31)22(30)18-10-12-19(13-11-18)26(4)5/h6-13,31H,14-15H2,1-5H3,(H,24,28)(H,25,29). The van der Waals surface area contributed by atoms with Gasteiger partial charge in [-0.1, -0.05) is 12.1 Å². The number of nitrogens with one attached hydrogen (secondary N) is 2. The molecule has 0 fully saturated rings. The minimum atomic E-state index is -0.620. The molecule has 0 aromatic heterocycles. The van der Waals surface area contributed by atoms with E-state index in [9.17, 15) is 14.4 Å². The topological polar surface area (TPSA) is 102 Å². The lowest BCUT2D eigenvalue weighted by molar-refractivity contribution is -0.123. The first kappa shape index (κ1) is 23.9. The quantitative estimate of drug-likeness (QED) is 0.466. The molecule has 0 heterocycles. The monoisotopic (exact) mass is 426 g/mol. The predicted octanol–water partition coefficient (Wildman–Crippen LogP) is 2.43. The molecule has 8 heteroatoms. The molecule has 3 amide bonds. The lowest BCUT2D eigenvalue weighted by atomic mass is 10.1. The third kappa shape index (κ3) is 7.11. The van der Waals surface area contributed by atoms with E-state index >= 15 is 0 Å². The SMILES string of the molecule is CN(C)c1ccc(C(=O)N(CC(=O)NC(C)(C)C)Cc2ccc(C(=O)NO)cc2)cc1. The third-order valence-corrected chi connectivity index (χ3v) is 4.46. The highest BCUT2D eigenvalue weighted by atomic mass is 16.5. The second-order valence-corrected chi connectivity index (χ2v) is 8.54. The van der Waals surface area contributed by atoms with Gasteiger partial charge in [0.1, 0.15) is 6.54 Å². The van der Waals surface area contributed by atoms with Crippen molar-refractivity contribution in [2.75, 3.05) is 25.5 Å². The van der Waals surface area contributed by atoms with Gasteiger partial charge >= 0.3 is 0 Å². The van der Waals surface area contributed by atoms with Gasteiger partial charge in [-0.15, -0.1) is 0 Å². The number of hydrogen-bond acceptors (Lipinski definition) is 5. The zero-order valence-corrected chi connectivity index (χ0v) is 18.6. The molecule has 0 aliphatic heterocycles. The highest BCUT2D eigenvalue weighted by Gasteiger charge is 2.22. The van der Waals surface area contributed by atoms with E-state index in [-0.39, 0.29) is 30.5 Å². The molecular weight excluding hydrogens is 396 g/mol. The summed E-state index contributed by atoms with van der Waals surface area (Å²) in [4.78, 5) is 40.6. The van der Waals surface area contributed by atoms with E-state index in [2.05, 4.69) is 5.32 Å². The zero-order valence-electron chi connectivity index (χ0n) is 18.6. The van der Waals surface area contributed by atoms with Crippen LogP contribution < -0.4 is 15.7 Å². The lowest BCUT2D eigenvalue weighted by Crippen LogP contribution is -2.47. The average Bonchev–Trinajstić information content (AvgIpc) is 2.71. The van der Waals surface area contributed by atoms with Gasteiger partial charge in [0.05, 0.1) is 0 Å². The van der Waals surface area contributed by atoms with E-state index in [0.29, 0.717) is 5.56 Å². The molecule has 0 aliphatic carbocycles. The Bertz CT molecular complexity index is 916. The maximum Gasteiger partial charge on any atom is 0.274 e. The van der Waals surface area contributed by atoms with Crippen LogP contribution in [0.2, 0.25) is 0 Å². The number of amides is 3. The summed E-state index contributed by atoms with van der Waals surface area (Å²) in [6.07, 6.45) is 0. The van der Waals surface area contributed by atoms with Crippen molar-refractivity contribution < 1.29 is 19.6 Å². The van der Waals surface area contributed by atoms with Gasteiger partial charge in [0, 0.05) is 43.0 Å². The second-order valence-electron chi connectivity index (χ2n) is 8.54. The summed E-state index contributed by atoms with van der Waals surface area (Å²) in [5.41, 5.74) is 3.64. The van der Waals surface area contributed by atoms with Crippen molar-refractivity contribution in [1.82, 2.24) is 15.7 Å². The zero-order chi connectivity index (χ0) is 23.2. The van der Waals surface area contributed by atoms with Gasteiger partial charge in [0.15, 0.2) is 0 Å². The molecular formula is C23H30N4O4. The maximum atomic E-state index is 13.2. The van der Waals surface area contributed by atoms with Crippen molar-refractivity contribution in [3.05, 3.63) is 65.2 Å². The molecule has 0 spiro atoms. The van der Waals surface area contributed by atoms with Gasteiger partial charge in [0.25, 0.3) is 11.8 Å². The molecule has 0 aliphatic rings. The largest absolute Gasteiger partial charge is 0.378 e. The van der Waals surface area contributed by atoms with Crippen LogP contribution >= 0.6 is 0 Å². The van der Waals surface area contributed by atoms with Crippen LogP contribution in [0, 0.1) is 0 Å². The summed E-state index contributed by atoms with van der Waals surface area (Å²) in [5, 5.41) is 11.6. The smallest absolute Gasteiger partial charge is 0.274 e. The van der Waals surface area contributed by atoms with Crippen LogP contribution in [0.5, 0.6) is 0 Å². The predicted molar refractivity (Wildman–Crippen MR) is 119 cm³/mol. The molecule has 0 atom stereocenters. The Morgan fingerprint density at radius 3 is 1.94 bits per heavy atom. The summed E-state index contributed by atoms with van der Waals surface area (Å²) in [7, 11) is 3.83. The lowest BCUT2D eigenvalue weighted by Gasteiger charge is -2.26. The average molecular weight is 427 g/mol. The maximum absolute atomic E-state index is 13.2. The molecule has 0 radical (unpaired) electrons. The summed E-state index contributed by atoms with van der Waals surface area (Å²) in [6.45, 7) is 5.71. The number of benzene rings is 2. The van der Waals surface area contributed by atoms with Crippen LogP contribution in [0.1, 0.15) is 47.1 Å². The number of carbonyl (C=O) groups excluding carboxylic acids is 3. The minimum Gasteiger partial charge on any atom is -0.378 e. The van der Waals surface area contributed by atoms with Gasteiger partial charge in [-0.05, 0) is 62.7 Å². The summed E-state index contributed by atoms with van der Waals surface area (Å²) >= 11 is 0. The number of anilines is 1. The Balaban J connectivity index is 2.25. The van der Waals surface area contributed by atoms with Crippen molar-refractivity contribution in [3.63, 3.8) is 0 Å². The molecule has 0 saturated heterocycles. The first-order valence-electron chi connectivity index (χ1n) is 9.91. The molecule has 2 rings (SSSR count). The van der Waals surface area contributed by atoms with E-state index in [1.165, 1.54) is 4.90 Å². The van der Waals surface area contributed by atoms with Crippen molar-refractivity contribution in [1.29, 1.82) is 0 Å². The second kappa shape index (κ2) is 10.1. The van der Waals surface area contributed by atoms with Crippen LogP contribution in [0.3, 0.4) is 0 Å². The van der Waals surface area contributed by atoms with E-state index in [0.717, 1.165) is 11.3 Å². The Labute approximate surface area is 182 Å². The Morgan fingerprint density at radius 2 is 1.45 bits per heavy atom. The van der Waals surface area contributed by atoms with Crippen molar-refractivity contribution in [3.8, 4) is 0 Å². The van der Waals surface area contributed by atoms with E-state index in [1.807, 2.05) is 51.9 Å². The first-order chi connectivity index (χ1) is 14.5. The van der Waals surface area contributed by atoms with Gasteiger partial charge in [-0.25, -0.2) is 5.48 Å². The molecule has 0 bridgehead atoms. The van der Waals surface area contributed by atoms with Crippen LogP contribution in [0.4, 0.5) is 5.69 Å². The van der Waals surface area contributed by atoms with Crippen molar-refractivity contribution in [2.24, 2.45) is 0 Å². The fraction of sp³-hybridized carbons (Fsp3) is 0.348. The van der Waals surface area contributed by atoms with Crippen molar-refractivity contribution >= 4 is 23.4 Å². The summed E-state index contributed by atoms with van der Waals surface area (Å²) in [5.74, 6) is -1.15.